The van der Waals surface area contributed by atoms with Crippen molar-refractivity contribution in [1.82, 2.24) is 4.98 Å². The molecule has 1 aromatic rings. The third kappa shape index (κ3) is 3.47. The lowest BCUT2D eigenvalue weighted by Crippen LogP contribution is -2.90. The molecule has 1 heterocycles. The van der Waals surface area contributed by atoms with Crippen LogP contribution in [0.4, 0.5) is 0 Å². The van der Waals surface area contributed by atoms with Crippen molar-refractivity contribution in [2.24, 2.45) is 0 Å². The molecule has 0 amide bonds. The van der Waals surface area contributed by atoms with Crippen molar-refractivity contribution >= 4 is 0 Å². The third-order valence-electron chi connectivity index (χ3n) is 3.52. The van der Waals surface area contributed by atoms with Crippen LogP contribution < -0.4 is 10.1 Å². The van der Waals surface area contributed by atoms with Crippen molar-refractivity contribution < 1.29 is 15.2 Å². The summed E-state index contributed by atoms with van der Waals surface area (Å²) in [7, 11) is 0. The van der Waals surface area contributed by atoms with Crippen molar-refractivity contribution in [2.75, 3.05) is 13.2 Å². The fourth-order valence-electron chi connectivity index (χ4n) is 2.42. The zero-order valence-corrected chi connectivity index (χ0v) is 12.1. The number of pyridine rings is 1. The van der Waals surface area contributed by atoms with Crippen LogP contribution in [-0.4, -0.2) is 35.4 Å². The Morgan fingerprint density at radius 1 is 1.50 bits per heavy atom. The van der Waals surface area contributed by atoms with Crippen molar-refractivity contribution in [1.29, 1.82) is 5.26 Å². The van der Waals surface area contributed by atoms with E-state index in [1.54, 1.807) is 6.20 Å². The second-order valence-corrected chi connectivity index (χ2v) is 5.59. The summed E-state index contributed by atoms with van der Waals surface area (Å²) >= 11 is 0. The number of nitriles is 1. The summed E-state index contributed by atoms with van der Waals surface area (Å²) < 4.78 is 5.54. The first-order chi connectivity index (χ1) is 9.61. The lowest BCUT2D eigenvalue weighted by molar-refractivity contribution is -0.688. The summed E-state index contributed by atoms with van der Waals surface area (Å²) in [5.74, 6) is 0.358. The minimum absolute atomic E-state index is 0.170. The Kier molecular flexibility index (Phi) is 4.94. The number of nitrogens with zero attached hydrogens (tertiary/aromatic N) is 2. The van der Waals surface area contributed by atoms with E-state index in [-0.39, 0.29) is 6.61 Å². The predicted molar refractivity (Wildman–Crippen MR) is 74.4 cm³/mol. The summed E-state index contributed by atoms with van der Waals surface area (Å²) in [4.78, 5) is 4.22. The van der Waals surface area contributed by atoms with E-state index in [9.17, 15) is 10.4 Å². The maximum absolute atomic E-state index is 9.85. The van der Waals surface area contributed by atoms with Gasteiger partial charge in [-0.05, 0) is 44.2 Å². The highest BCUT2D eigenvalue weighted by atomic mass is 16.5. The number of aliphatic hydroxyl groups excluding tert-OH is 1. The lowest BCUT2D eigenvalue weighted by Gasteiger charge is -2.14. The SMILES string of the molecule is CC(C)[NH2+]CC(O)COc1ncc2c(c1C#N)CCC2. The largest absolute Gasteiger partial charge is 0.474 e. The minimum atomic E-state index is -0.556. The zero-order chi connectivity index (χ0) is 14.5. The van der Waals surface area contributed by atoms with Crippen molar-refractivity contribution in [3.05, 3.63) is 22.9 Å². The van der Waals surface area contributed by atoms with E-state index in [2.05, 4.69) is 30.2 Å². The van der Waals surface area contributed by atoms with Crippen molar-refractivity contribution in [2.45, 2.75) is 45.3 Å². The van der Waals surface area contributed by atoms with Gasteiger partial charge in [-0.2, -0.15) is 5.26 Å². The van der Waals surface area contributed by atoms with Crippen molar-refractivity contribution in [3.8, 4) is 11.9 Å². The summed E-state index contributed by atoms with van der Waals surface area (Å²) in [5.41, 5.74) is 2.77. The van der Waals surface area contributed by atoms with Gasteiger partial charge in [0.1, 0.15) is 30.9 Å². The Bertz CT molecular complexity index is 509. The molecule has 5 nitrogen and oxygen atoms in total. The van der Waals surface area contributed by atoms with E-state index >= 15 is 0 Å². The van der Waals surface area contributed by atoms with Crippen molar-refractivity contribution in [3.63, 3.8) is 0 Å². The topological polar surface area (TPSA) is 82.8 Å². The van der Waals surface area contributed by atoms with Crippen LogP contribution in [0.15, 0.2) is 6.20 Å². The molecular formula is C15H22N3O2+. The first kappa shape index (κ1) is 14.8. The van der Waals surface area contributed by atoms with E-state index in [1.807, 2.05) is 0 Å². The van der Waals surface area contributed by atoms with Gasteiger partial charge in [0.05, 0.1) is 6.04 Å². The van der Waals surface area contributed by atoms with Crippen LogP contribution in [-0.2, 0) is 12.8 Å². The van der Waals surface area contributed by atoms with Gasteiger partial charge in [-0.1, -0.05) is 0 Å². The van der Waals surface area contributed by atoms with Gasteiger partial charge in [-0.25, -0.2) is 4.98 Å². The van der Waals surface area contributed by atoms with E-state index in [1.165, 1.54) is 0 Å². The Balaban J connectivity index is 1.98. The van der Waals surface area contributed by atoms with Crippen LogP contribution in [0.1, 0.15) is 37.0 Å². The molecule has 1 aliphatic rings. The molecule has 1 aliphatic carbocycles. The molecule has 0 bridgehead atoms. The monoisotopic (exact) mass is 276 g/mol. The number of ether oxygens (including phenoxy) is 1. The number of hydrogen-bond acceptors (Lipinski definition) is 4. The Morgan fingerprint density at radius 3 is 3.00 bits per heavy atom. The van der Waals surface area contributed by atoms with Crippen LogP contribution in [0.2, 0.25) is 0 Å². The molecule has 20 heavy (non-hydrogen) atoms. The quantitative estimate of drug-likeness (QED) is 0.775. The molecule has 0 radical (unpaired) electrons. The second kappa shape index (κ2) is 6.69. The molecule has 0 aliphatic heterocycles. The van der Waals surface area contributed by atoms with Crippen LogP contribution in [0.3, 0.4) is 0 Å². The molecule has 0 fully saturated rings. The second-order valence-electron chi connectivity index (χ2n) is 5.59. The molecule has 0 aromatic carbocycles. The van der Waals surface area contributed by atoms with Gasteiger partial charge >= 0.3 is 0 Å². The highest BCUT2D eigenvalue weighted by Gasteiger charge is 2.20. The van der Waals surface area contributed by atoms with Crippen LogP contribution in [0, 0.1) is 11.3 Å². The molecule has 2 rings (SSSR count). The van der Waals surface area contributed by atoms with E-state index in [0.29, 0.717) is 24.0 Å². The van der Waals surface area contributed by atoms with Gasteiger partial charge in [0, 0.05) is 6.20 Å². The molecule has 1 unspecified atom stereocenters. The maximum atomic E-state index is 9.85. The summed E-state index contributed by atoms with van der Waals surface area (Å²) in [6.45, 7) is 4.90. The average molecular weight is 276 g/mol. The number of fused-ring (bicyclic) bond motifs is 1. The van der Waals surface area contributed by atoms with Gasteiger partial charge in [0.15, 0.2) is 0 Å². The third-order valence-corrected chi connectivity index (χ3v) is 3.52. The number of nitrogens with two attached hydrogens (primary N) is 1. The van der Waals surface area contributed by atoms with Crippen LogP contribution in [0.25, 0.3) is 0 Å². The molecule has 0 saturated heterocycles. The van der Waals surface area contributed by atoms with Gasteiger partial charge in [0.2, 0.25) is 5.88 Å². The van der Waals surface area contributed by atoms with Gasteiger partial charge in [-0.15, -0.1) is 0 Å². The maximum Gasteiger partial charge on any atom is 0.232 e. The zero-order valence-electron chi connectivity index (χ0n) is 12.1. The molecule has 0 spiro atoms. The Hall–Kier alpha value is -1.64. The minimum Gasteiger partial charge on any atom is -0.474 e. The molecule has 0 saturated carbocycles. The summed E-state index contributed by atoms with van der Waals surface area (Å²) in [5, 5.41) is 21.2. The first-order valence-electron chi connectivity index (χ1n) is 7.16. The fraction of sp³-hybridized carbons (Fsp3) is 0.600. The fourth-order valence-corrected chi connectivity index (χ4v) is 2.42. The molecule has 108 valence electrons. The molecule has 1 aromatic heterocycles. The standard InChI is InChI=1S/C15H21N3O2/c1-10(2)17-8-12(19)9-20-15-14(6-16)13-5-3-4-11(13)7-18-15/h7,10,12,17,19H,3-5,8-9H2,1-2H3/p+1. The number of quaternary nitrogens is 1. The number of rotatable bonds is 6. The van der Waals surface area contributed by atoms with Crippen LogP contribution in [0.5, 0.6) is 5.88 Å². The molecule has 3 N–H and O–H groups in total. The molecular weight excluding hydrogens is 254 g/mol. The van der Waals surface area contributed by atoms with Gasteiger partial charge < -0.3 is 15.2 Å². The number of hydrogen-bond donors (Lipinski definition) is 2. The van der Waals surface area contributed by atoms with E-state index in [4.69, 9.17) is 4.74 Å². The highest BCUT2D eigenvalue weighted by molar-refractivity contribution is 5.49. The number of aromatic nitrogens is 1. The van der Waals surface area contributed by atoms with Crippen LogP contribution >= 0.6 is 0 Å². The normalized spacial score (nSPS) is 14.9. The highest BCUT2D eigenvalue weighted by Crippen LogP contribution is 2.29. The number of aryl methyl sites for hydroxylation is 1. The molecule has 5 heteroatoms. The van der Waals surface area contributed by atoms with E-state index in [0.717, 1.165) is 30.4 Å². The smallest absolute Gasteiger partial charge is 0.232 e. The predicted octanol–water partition coefficient (Wildman–Crippen LogP) is 0.153. The first-order valence-corrected chi connectivity index (χ1v) is 7.16. The number of aliphatic hydroxyl groups is 1. The van der Waals surface area contributed by atoms with Gasteiger partial charge in [-0.3, -0.25) is 0 Å². The molecule has 1 atom stereocenters. The van der Waals surface area contributed by atoms with Gasteiger partial charge in [0.25, 0.3) is 0 Å². The summed E-state index contributed by atoms with van der Waals surface area (Å²) in [6, 6.07) is 2.64. The Morgan fingerprint density at radius 2 is 2.30 bits per heavy atom. The average Bonchev–Trinajstić information content (AvgIpc) is 2.90. The Labute approximate surface area is 119 Å². The lowest BCUT2D eigenvalue weighted by atomic mass is 10.1. The van der Waals surface area contributed by atoms with E-state index < -0.39 is 6.10 Å². The summed E-state index contributed by atoms with van der Waals surface area (Å²) in [6.07, 6.45) is 4.22.